The number of fused-ring (bicyclic) bond motifs is 1. The topological polar surface area (TPSA) is 129 Å². The van der Waals surface area contributed by atoms with E-state index in [4.69, 9.17) is 9.47 Å². The van der Waals surface area contributed by atoms with Gasteiger partial charge in [-0.05, 0) is 68.9 Å². The molecule has 0 radical (unpaired) electrons. The molecule has 3 aliphatic rings. The zero-order valence-electron chi connectivity index (χ0n) is 31.6. The Hall–Kier alpha value is -4.48. The fraction of sp³-hybridized carbons (Fsp3) is 0.524. The maximum absolute atomic E-state index is 15.1. The molecular weight excluding hydrogens is 672 g/mol. The second-order valence-electron chi connectivity index (χ2n) is 14.3. The fourth-order valence-corrected chi connectivity index (χ4v) is 8.48. The van der Waals surface area contributed by atoms with Crippen molar-refractivity contribution in [2.75, 3.05) is 42.6 Å². The van der Waals surface area contributed by atoms with Gasteiger partial charge in [0, 0.05) is 37.4 Å². The smallest absolute Gasteiger partial charge is 0.313 e. The molecule has 1 spiro atoms. The first-order chi connectivity index (χ1) is 25.6. The highest BCUT2D eigenvalue weighted by atomic mass is 16.6. The Morgan fingerprint density at radius 1 is 1.06 bits per heavy atom. The van der Waals surface area contributed by atoms with Crippen molar-refractivity contribution in [2.24, 2.45) is 17.8 Å². The van der Waals surface area contributed by atoms with Crippen LogP contribution in [0.2, 0.25) is 0 Å². The van der Waals surface area contributed by atoms with Gasteiger partial charge < -0.3 is 34.6 Å². The normalized spacial score (nSPS) is 24.5. The lowest BCUT2D eigenvalue weighted by molar-refractivity contribution is -0.161. The maximum atomic E-state index is 15.1. The lowest BCUT2D eigenvalue weighted by Crippen LogP contribution is -2.60. The number of aliphatic hydroxyl groups excluding tert-OH is 1. The Kier molecular flexibility index (Phi) is 13.2. The van der Waals surface area contributed by atoms with Crippen LogP contribution in [0.1, 0.15) is 71.5 Å². The van der Waals surface area contributed by atoms with Crippen LogP contribution < -0.4 is 15.1 Å². The van der Waals surface area contributed by atoms with E-state index in [2.05, 4.69) is 37.2 Å². The molecule has 11 nitrogen and oxygen atoms in total. The summed E-state index contributed by atoms with van der Waals surface area (Å²) in [6.07, 6.45) is 4.16. The van der Waals surface area contributed by atoms with Gasteiger partial charge in [0.1, 0.15) is 17.7 Å². The number of nitrogens with one attached hydrogen (secondary N) is 1. The quantitative estimate of drug-likeness (QED) is 0.149. The molecule has 11 heteroatoms. The summed E-state index contributed by atoms with van der Waals surface area (Å²) in [6.45, 7) is 17.3. The van der Waals surface area contributed by atoms with E-state index in [-0.39, 0.29) is 43.8 Å². The van der Waals surface area contributed by atoms with Crippen LogP contribution in [0.5, 0.6) is 0 Å². The molecule has 0 unspecified atom stereocenters. The standard InChI is InChI=1S/C42H56N4O7/c1-7-12-18-35(48)43-26-34(29-16-14-13-15-17-29)52-41(51)36-33-23-24-42(53-33)37(36)39(49)46(32(27-47)28(6)9-3)38(42)40(50)45(25-8-2)31-21-19-30(20-22-31)44(10-4)11-5/h7-8,13-17,19-22,28,32-34,36-38,47H,1-2,9-12,18,23-27H2,3-6H3,(H,43,48)/t28-,32-,33-,34-,36+,37+,38-,42+/m0/s1. The minimum Gasteiger partial charge on any atom is -0.455 e. The summed E-state index contributed by atoms with van der Waals surface area (Å²) in [6, 6.07) is 15.1. The molecule has 5 rings (SSSR count). The number of hydrogen-bond acceptors (Lipinski definition) is 8. The number of esters is 1. The second-order valence-corrected chi connectivity index (χ2v) is 14.3. The van der Waals surface area contributed by atoms with E-state index in [0.717, 1.165) is 18.8 Å². The summed E-state index contributed by atoms with van der Waals surface area (Å²) >= 11 is 0. The third-order valence-electron chi connectivity index (χ3n) is 11.4. The van der Waals surface area contributed by atoms with Crippen molar-refractivity contribution in [3.05, 3.63) is 85.5 Å². The monoisotopic (exact) mass is 728 g/mol. The summed E-state index contributed by atoms with van der Waals surface area (Å²) in [5, 5.41) is 13.7. The summed E-state index contributed by atoms with van der Waals surface area (Å²) < 4.78 is 12.9. The number of nitrogens with zero attached hydrogens (tertiary/aromatic N) is 3. The van der Waals surface area contributed by atoms with E-state index in [1.54, 1.807) is 17.1 Å². The number of carbonyl (C=O) groups is 4. The van der Waals surface area contributed by atoms with Crippen molar-refractivity contribution in [1.29, 1.82) is 0 Å². The lowest BCUT2D eigenvalue weighted by atomic mass is 9.70. The highest BCUT2D eigenvalue weighted by molar-refractivity contribution is 6.05. The van der Waals surface area contributed by atoms with E-state index in [1.165, 1.54) is 4.90 Å². The first-order valence-electron chi connectivity index (χ1n) is 19.1. The minimum absolute atomic E-state index is 0.0468. The highest BCUT2D eigenvalue weighted by Gasteiger charge is 2.76. The summed E-state index contributed by atoms with van der Waals surface area (Å²) in [5.74, 6) is -3.67. The molecule has 3 heterocycles. The van der Waals surface area contributed by atoms with Gasteiger partial charge in [-0.3, -0.25) is 19.2 Å². The fourth-order valence-electron chi connectivity index (χ4n) is 8.48. The predicted octanol–water partition coefficient (Wildman–Crippen LogP) is 5.20. The molecule has 3 saturated heterocycles. The number of ether oxygens (including phenoxy) is 2. The van der Waals surface area contributed by atoms with Crippen LogP contribution >= 0.6 is 0 Å². The Balaban J connectivity index is 1.51. The number of anilines is 2. The van der Waals surface area contributed by atoms with Gasteiger partial charge in [-0.15, -0.1) is 13.2 Å². The van der Waals surface area contributed by atoms with Gasteiger partial charge in [0.25, 0.3) is 5.91 Å². The van der Waals surface area contributed by atoms with Gasteiger partial charge >= 0.3 is 5.97 Å². The molecule has 8 atom stereocenters. The molecule has 0 aliphatic carbocycles. The van der Waals surface area contributed by atoms with Crippen LogP contribution in [0, 0.1) is 17.8 Å². The number of amides is 3. The van der Waals surface area contributed by atoms with Crippen LogP contribution in [0.25, 0.3) is 0 Å². The first kappa shape index (κ1) is 39.7. The van der Waals surface area contributed by atoms with Crippen molar-refractivity contribution in [3.8, 4) is 0 Å². The minimum atomic E-state index is -1.30. The molecule has 3 aliphatic heterocycles. The molecule has 2 bridgehead atoms. The van der Waals surface area contributed by atoms with Crippen LogP contribution in [-0.2, 0) is 28.7 Å². The van der Waals surface area contributed by atoms with Crippen molar-refractivity contribution in [1.82, 2.24) is 10.2 Å². The zero-order chi connectivity index (χ0) is 38.3. The SMILES string of the molecule is C=CCCC(=O)NC[C@H](OC(=O)[C@@H]1[C@@H]2CC[C@]3(O2)[C@H](C(=O)N(CC=C)c2ccc(N(CC)CC)cc2)N([C@@H](CO)[C@@H](C)CC)C(=O)[C@@H]13)c1ccccc1. The molecule has 2 aromatic rings. The molecule has 286 valence electrons. The van der Waals surface area contributed by atoms with Crippen LogP contribution in [-0.4, -0.2) is 90.3 Å². The van der Waals surface area contributed by atoms with Crippen molar-refractivity contribution < 1.29 is 33.8 Å². The summed E-state index contributed by atoms with van der Waals surface area (Å²) in [5.41, 5.74) is 1.07. The van der Waals surface area contributed by atoms with Gasteiger partial charge in [-0.25, -0.2) is 0 Å². The average Bonchev–Trinajstić information content (AvgIpc) is 3.83. The molecule has 0 aromatic heterocycles. The van der Waals surface area contributed by atoms with E-state index in [1.807, 2.05) is 68.4 Å². The number of rotatable bonds is 19. The lowest BCUT2D eigenvalue weighted by Gasteiger charge is -2.41. The largest absolute Gasteiger partial charge is 0.455 e. The van der Waals surface area contributed by atoms with Crippen LogP contribution in [0.3, 0.4) is 0 Å². The van der Waals surface area contributed by atoms with Crippen molar-refractivity contribution in [3.63, 3.8) is 0 Å². The van der Waals surface area contributed by atoms with E-state index < -0.39 is 53.6 Å². The maximum Gasteiger partial charge on any atom is 0.313 e. The molecule has 2 aromatic carbocycles. The van der Waals surface area contributed by atoms with E-state index >= 15 is 4.79 Å². The Morgan fingerprint density at radius 3 is 2.34 bits per heavy atom. The van der Waals surface area contributed by atoms with Crippen LogP contribution in [0.15, 0.2) is 79.9 Å². The van der Waals surface area contributed by atoms with Crippen molar-refractivity contribution >= 4 is 35.1 Å². The third kappa shape index (κ3) is 7.78. The highest BCUT2D eigenvalue weighted by Crippen LogP contribution is 2.59. The summed E-state index contributed by atoms with van der Waals surface area (Å²) in [4.78, 5) is 62.2. The Labute approximate surface area is 314 Å². The number of benzene rings is 2. The molecule has 3 fully saturated rings. The number of allylic oxidation sites excluding steroid dienone is 1. The van der Waals surface area contributed by atoms with E-state index in [9.17, 15) is 19.5 Å². The number of likely N-dealkylation sites (tertiary alicyclic amines) is 1. The van der Waals surface area contributed by atoms with E-state index in [0.29, 0.717) is 36.9 Å². The third-order valence-corrected chi connectivity index (χ3v) is 11.4. The summed E-state index contributed by atoms with van der Waals surface area (Å²) in [7, 11) is 0. The molecule has 53 heavy (non-hydrogen) atoms. The first-order valence-corrected chi connectivity index (χ1v) is 19.1. The van der Waals surface area contributed by atoms with Gasteiger partial charge in [-0.2, -0.15) is 0 Å². The van der Waals surface area contributed by atoms with Gasteiger partial charge in [0.15, 0.2) is 0 Å². The Bertz CT molecular complexity index is 1610. The molecule has 0 saturated carbocycles. The van der Waals surface area contributed by atoms with Gasteiger partial charge in [-0.1, -0.05) is 62.8 Å². The van der Waals surface area contributed by atoms with Gasteiger partial charge in [0.2, 0.25) is 11.8 Å². The second kappa shape index (κ2) is 17.6. The molecule has 2 N–H and O–H groups in total. The molecule has 3 amide bonds. The van der Waals surface area contributed by atoms with Crippen molar-refractivity contribution in [2.45, 2.75) is 89.7 Å². The molecular formula is C42H56N4O7. The Morgan fingerprint density at radius 2 is 1.74 bits per heavy atom. The number of carbonyl (C=O) groups excluding carboxylic acids is 4. The predicted molar refractivity (Wildman–Crippen MR) is 205 cm³/mol. The van der Waals surface area contributed by atoms with Gasteiger partial charge in [0.05, 0.1) is 37.1 Å². The zero-order valence-corrected chi connectivity index (χ0v) is 31.6. The average molecular weight is 729 g/mol. The number of aliphatic hydroxyl groups is 1. The van der Waals surface area contributed by atoms with Crippen LogP contribution in [0.4, 0.5) is 11.4 Å². The number of hydrogen-bond donors (Lipinski definition) is 2.